The van der Waals surface area contributed by atoms with Crippen molar-refractivity contribution in [1.29, 1.82) is 0 Å². The summed E-state index contributed by atoms with van der Waals surface area (Å²) in [7, 11) is 0. The summed E-state index contributed by atoms with van der Waals surface area (Å²) in [6.45, 7) is 1.52. The number of likely N-dealkylation sites (tertiary alicyclic amines) is 3. The summed E-state index contributed by atoms with van der Waals surface area (Å²) in [6, 6.07) is 8.36. The van der Waals surface area contributed by atoms with Crippen LogP contribution in [0.25, 0.3) is 0 Å². The Labute approximate surface area is 675 Å². The van der Waals surface area contributed by atoms with Crippen LogP contribution in [-0.2, 0) is 52.5 Å². The molecule has 41 heteroatoms. The number of aliphatic imine (C=N–C) groups is 3. The lowest BCUT2D eigenvalue weighted by molar-refractivity contribution is -0.154. The van der Waals surface area contributed by atoms with Crippen molar-refractivity contribution in [2.75, 3.05) is 91.9 Å². The van der Waals surface area contributed by atoms with Crippen LogP contribution in [0.4, 0.5) is 39.5 Å². The Bertz CT molecular complexity index is 4550. The molecule has 0 spiro atoms. The molecule has 3 aromatic heterocycles. The zero-order valence-electron chi connectivity index (χ0n) is 60.4. The number of thiazole rings is 3. The minimum absolute atomic E-state index is 0.00411. The third-order valence-corrected chi connectivity index (χ3v) is 21.3. The van der Waals surface area contributed by atoms with Crippen LogP contribution in [0.15, 0.2) is 155 Å². The molecular weight excluding hydrogens is 1690 g/mol. The molecule has 114 heavy (non-hydrogen) atoms. The van der Waals surface area contributed by atoms with Gasteiger partial charge in [-0.15, -0.1) is 34.0 Å². The Balaban J connectivity index is 0.000000181. The van der Waals surface area contributed by atoms with Crippen molar-refractivity contribution in [3.63, 3.8) is 0 Å². The van der Waals surface area contributed by atoms with E-state index < -0.39 is 153 Å². The molecule has 6 atom stereocenters. The highest BCUT2D eigenvalue weighted by Crippen LogP contribution is 2.43. The first kappa shape index (κ1) is 87.4. The van der Waals surface area contributed by atoms with Gasteiger partial charge < -0.3 is 55.0 Å². The number of aromatic nitrogens is 3. The number of ether oxygens (including phenoxy) is 5. The van der Waals surface area contributed by atoms with Crippen LogP contribution < -0.4 is 16.0 Å². The summed E-state index contributed by atoms with van der Waals surface area (Å²) in [6.07, 6.45) is 3.14. The third-order valence-electron chi connectivity index (χ3n) is 17.7. The number of carbonyl (C=O) groups is 6. The molecule has 3 fully saturated rings. The van der Waals surface area contributed by atoms with Gasteiger partial charge in [-0.05, 0) is 75.7 Å². The molecule has 26 nitrogen and oxygen atoms in total. The van der Waals surface area contributed by atoms with Gasteiger partial charge in [-0.2, -0.15) is 0 Å². The molecule has 610 valence electrons. The number of aliphatic carboxylic acids is 3. The lowest BCUT2D eigenvalue weighted by atomic mass is 9.91. The van der Waals surface area contributed by atoms with Gasteiger partial charge in [0.25, 0.3) is 17.8 Å². The van der Waals surface area contributed by atoms with E-state index in [1.807, 2.05) is 0 Å². The van der Waals surface area contributed by atoms with E-state index >= 15 is 0 Å². The zero-order valence-corrected chi connectivity index (χ0v) is 66.0. The number of carboxylic acid groups (broad SMARTS) is 3. The summed E-state index contributed by atoms with van der Waals surface area (Å²) < 4.78 is 156. The van der Waals surface area contributed by atoms with Gasteiger partial charge in [0.2, 0.25) is 0 Å². The van der Waals surface area contributed by atoms with Crippen molar-refractivity contribution >= 4 is 126 Å². The molecule has 6 aliphatic heterocycles. The number of rotatable bonds is 26. The lowest BCUT2D eigenvalue weighted by Crippen LogP contribution is -2.52. The van der Waals surface area contributed by atoms with E-state index in [1.54, 1.807) is 55.5 Å². The second-order valence-electron chi connectivity index (χ2n) is 26.0. The number of hydrogen-bond donors (Lipinski definition) is 6. The smallest absolute Gasteiger partial charge is 0.338 e. The fourth-order valence-electron chi connectivity index (χ4n) is 13.1. The Hall–Kier alpha value is -9.03. The van der Waals surface area contributed by atoms with E-state index in [2.05, 4.69) is 56.8 Å². The largest absolute Gasteiger partial charge is 0.480 e. The predicted octanol–water partition coefficient (Wildman–Crippen LogP) is 11.9. The Morgan fingerprint density at radius 3 is 1.25 bits per heavy atom. The number of nitrogens with zero attached hydrogens (tertiary/aromatic N) is 9. The standard InChI is InChI=1S/C25H24ClF3N4O4S.C24H24BrF3N4O5S.C24H24ClF3N4O5S/c1-2-37-24(36)20-18(12-33-9-7-14(3-6-19(34)35)25(28,29)13-33)31-22(23-30-8-10-38-23)32-21(20)16-5-4-15(27)11-17(16)26;2*1-2-36-23(35)19-17(10-32-9-14(37-11-18(33)34)8-24(27,28)12-32)30-21(22-29-5-6-38-22)31-20(19)15-4-3-13(26)7-16(15)25/h3-6,8,10-11,14,21H,2,7,9,12-13H2,1H3,(H,31,32)(H,34,35);2*3-7,14,20H,2,8-12H2,1H3,(H,30,31)(H,33,34)/b6-3+;;. The zero-order chi connectivity index (χ0) is 82.3. The molecule has 0 amide bonds. The fraction of sp³-hybridized carbons (Fsp3) is 0.397. The van der Waals surface area contributed by atoms with Crippen LogP contribution in [0, 0.1) is 23.4 Å². The van der Waals surface area contributed by atoms with Crippen molar-refractivity contribution in [3.05, 3.63) is 199 Å². The first-order valence-electron chi connectivity index (χ1n) is 34.9. The molecule has 0 saturated carbocycles. The average molecular weight is 1760 g/mol. The summed E-state index contributed by atoms with van der Waals surface area (Å²) >= 11 is 19.9. The third kappa shape index (κ3) is 23.2. The fourth-order valence-corrected chi connectivity index (χ4v) is 16.0. The number of allylic oxidation sites excluding steroid dienone is 1. The number of piperidine rings is 3. The number of esters is 3. The minimum atomic E-state index is -3.20. The molecule has 6 N–H and O–H groups in total. The van der Waals surface area contributed by atoms with Gasteiger partial charge in [0, 0.05) is 135 Å². The van der Waals surface area contributed by atoms with Crippen molar-refractivity contribution in [1.82, 2.24) is 45.6 Å². The van der Waals surface area contributed by atoms with Gasteiger partial charge in [0.1, 0.15) is 48.8 Å². The van der Waals surface area contributed by atoms with Gasteiger partial charge >= 0.3 is 35.8 Å². The highest BCUT2D eigenvalue weighted by molar-refractivity contribution is 9.10. The lowest BCUT2D eigenvalue weighted by Gasteiger charge is -2.38. The van der Waals surface area contributed by atoms with Gasteiger partial charge in [0.15, 0.2) is 32.5 Å². The first-order chi connectivity index (χ1) is 54.2. The molecule has 3 aromatic carbocycles. The van der Waals surface area contributed by atoms with Gasteiger partial charge in [0.05, 0.1) is 68.4 Å². The molecule has 6 unspecified atom stereocenters. The summed E-state index contributed by atoms with van der Waals surface area (Å²) in [5, 5.41) is 42.6. The van der Waals surface area contributed by atoms with E-state index in [1.165, 1.54) is 91.2 Å². The topological polar surface area (TPSA) is 331 Å². The molecule has 0 aliphatic carbocycles. The summed E-state index contributed by atoms with van der Waals surface area (Å²) in [5.41, 5.74) is 2.07. The van der Waals surface area contributed by atoms with Crippen LogP contribution in [0.2, 0.25) is 10.0 Å². The summed E-state index contributed by atoms with van der Waals surface area (Å²) in [4.78, 5) is 103. The van der Waals surface area contributed by atoms with E-state index in [9.17, 15) is 68.3 Å². The second-order valence-corrected chi connectivity index (χ2v) is 30.4. The molecule has 12 rings (SSSR count). The van der Waals surface area contributed by atoms with Crippen molar-refractivity contribution in [3.8, 4) is 0 Å². The molecule has 0 radical (unpaired) electrons. The predicted molar refractivity (Wildman–Crippen MR) is 405 cm³/mol. The Morgan fingerprint density at radius 1 is 0.553 bits per heavy atom. The average Bonchev–Trinajstić information content (AvgIpc) is 1.13. The van der Waals surface area contributed by atoms with Gasteiger partial charge in [-0.1, -0.05) is 63.4 Å². The van der Waals surface area contributed by atoms with Crippen LogP contribution >= 0.6 is 73.1 Å². The summed E-state index contributed by atoms with van der Waals surface area (Å²) in [5.74, 6) is -17.5. The SMILES string of the molecule is CCOC(=O)C1=C(CN2CC(OCC(=O)O)CC(F)(F)C2)NC(c2nccs2)=NC1c1ccc(F)cc1Br.CCOC(=O)C1=C(CN2CC(OCC(=O)O)CC(F)(F)C2)NC(c2nccs2)=NC1c1ccc(F)cc1Cl.CCOC(=O)C1=C(CN2CCC(/C=C/C(=O)O)C(F)(F)C2)NC(c2nccs2)=NC1c1ccc(F)cc1Cl. The highest BCUT2D eigenvalue weighted by atomic mass is 79.9. The number of alkyl halides is 6. The van der Waals surface area contributed by atoms with Gasteiger partial charge in [-0.25, -0.2) is 83.2 Å². The Morgan fingerprint density at radius 2 is 0.921 bits per heavy atom. The molecule has 6 aliphatic rings. The van der Waals surface area contributed by atoms with E-state index in [0.717, 1.165) is 24.3 Å². The first-order valence-corrected chi connectivity index (χ1v) is 39.1. The quantitative estimate of drug-likeness (QED) is 0.0127. The van der Waals surface area contributed by atoms with Gasteiger partial charge in [-0.3, -0.25) is 29.7 Å². The minimum Gasteiger partial charge on any atom is -0.480 e. The van der Waals surface area contributed by atoms with Crippen LogP contribution in [0.5, 0.6) is 0 Å². The number of carbonyl (C=O) groups excluding carboxylic acids is 3. The molecule has 0 bridgehead atoms. The van der Waals surface area contributed by atoms with E-state index in [4.69, 9.17) is 67.2 Å². The molecule has 3 saturated heterocycles. The van der Waals surface area contributed by atoms with E-state index in [-0.39, 0.29) is 115 Å². The molecule has 9 heterocycles. The van der Waals surface area contributed by atoms with Crippen molar-refractivity contribution in [2.45, 2.75) is 88.1 Å². The normalized spacial score (nSPS) is 21.6. The number of amidine groups is 3. The van der Waals surface area contributed by atoms with Crippen LogP contribution in [-0.4, -0.2) is 220 Å². The molecule has 6 aromatic rings. The Kier molecular flexibility index (Phi) is 29.9. The monoisotopic (exact) mass is 1760 g/mol. The second kappa shape index (κ2) is 39.1. The van der Waals surface area contributed by atoms with Crippen molar-refractivity contribution in [2.24, 2.45) is 20.9 Å². The number of benzene rings is 3. The van der Waals surface area contributed by atoms with E-state index in [0.29, 0.717) is 47.9 Å². The maximum absolute atomic E-state index is 14.9. The highest BCUT2D eigenvalue weighted by Gasteiger charge is 2.47. The number of carboxylic acids is 3. The number of nitrogens with one attached hydrogen (secondary N) is 3. The maximum Gasteiger partial charge on any atom is 0.338 e. The molecular formula is C73H72BrCl2F9N12O14S3. The van der Waals surface area contributed by atoms with Crippen LogP contribution in [0.3, 0.4) is 0 Å². The number of halogens is 12. The number of hydrogen-bond acceptors (Lipinski definition) is 26. The maximum atomic E-state index is 14.9. The van der Waals surface area contributed by atoms with Crippen molar-refractivity contribution < 1.29 is 107 Å². The van der Waals surface area contributed by atoms with Crippen LogP contribution in [0.1, 0.15) is 89.9 Å².